The number of halogens is 2. The maximum Gasteiger partial charge on any atom is 0.254 e. The van der Waals surface area contributed by atoms with Gasteiger partial charge in [0.15, 0.2) is 0 Å². The van der Waals surface area contributed by atoms with E-state index in [2.05, 4.69) is 30.1 Å². The summed E-state index contributed by atoms with van der Waals surface area (Å²) in [4.78, 5) is 14.7. The number of rotatable bonds is 5. The molecule has 2 atom stereocenters. The van der Waals surface area contributed by atoms with Crippen LogP contribution in [0.25, 0.3) is 0 Å². The zero-order valence-electron chi connectivity index (χ0n) is 15.5. The van der Waals surface area contributed by atoms with Crippen LogP contribution in [0.3, 0.4) is 0 Å². The number of morpholine rings is 1. The number of carbonyl (C=O) groups is 1. The third-order valence-electron chi connectivity index (χ3n) is 4.62. The van der Waals surface area contributed by atoms with Crippen molar-refractivity contribution >= 4 is 17.5 Å². The van der Waals surface area contributed by atoms with Gasteiger partial charge in [-0.1, -0.05) is 35.9 Å². The Hall–Kier alpha value is -1.95. The fourth-order valence-corrected chi connectivity index (χ4v) is 3.65. The first-order valence-electron chi connectivity index (χ1n) is 9.10. The maximum absolute atomic E-state index is 13.9. The molecule has 1 amide bonds. The van der Waals surface area contributed by atoms with Gasteiger partial charge in [-0.05, 0) is 43.2 Å². The lowest BCUT2D eigenvalue weighted by atomic mass is 10.1. The predicted octanol–water partition coefficient (Wildman–Crippen LogP) is 4.02. The van der Waals surface area contributed by atoms with Crippen LogP contribution in [0, 0.1) is 5.82 Å². The van der Waals surface area contributed by atoms with Gasteiger partial charge in [0.1, 0.15) is 5.82 Å². The first-order chi connectivity index (χ1) is 12.9. The molecule has 0 saturated carbocycles. The Balaban J connectivity index is 1.67. The van der Waals surface area contributed by atoms with E-state index in [-0.39, 0.29) is 17.8 Å². The topological polar surface area (TPSA) is 41.6 Å². The van der Waals surface area contributed by atoms with Gasteiger partial charge in [-0.3, -0.25) is 9.69 Å². The second kappa shape index (κ2) is 8.83. The molecular formula is C21H24ClFN2O2. The van der Waals surface area contributed by atoms with Crippen LogP contribution < -0.4 is 5.32 Å². The second-order valence-corrected chi connectivity index (χ2v) is 7.46. The van der Waals surface area contributed by atoms with Crippen LogP contribution in [0.2, 0.25) is 5.02 Å². The average Bonchev–Trinajstić information content (AvgIpc) is 2.62. The molecule has 1 aliphatic heterocycles. The highest BCUT2D eigenvalue weighted by Crippen LogP contribution is 2.18. The number of ether oxygens (including phenoxy) is 1. The highest BCUT2D eigenvalue weighted by molar-refractivity contribution is 6.31. The molecule has 0 radical (unpaired) electrons. The van der Waals surface area contributed by atoms with Crippen LogP contribution in [0.15, 0.2) is 42.5 Å². The molecule has 1 fully saturated rings. The summed E-state index contributed by atoms with van der Waals surface area (Å²) in [6, 6.07) is 11.9. The summed E-state index contributed by atoms with van der Waals surface area (Å²) in [5, 5.41) is 3.13. The van der Waals surface area contributed by atoms with Crippen molar-refractivity contribution in [1.82, 2.24) is 10.2 Å². The van der Waals surface area contributed by atoms with Gasteiger partial charge in [0.25, 0.3) is 5.91 Å². The van der Waals surface area contributed by atoms with Crippen molar-refractivity contribution < 1.29 is 13.9 Å². The van der Waals surface area contributed by atoms with Crippen LogP contribution in [0.5, 0.6) is 0 Å². The van der Waals surface area contributed by atoms with Gasteiger partial charge >= 0.3 is 0 Å². The van der Waals surface area contributed by atoms with Gasteiger partial charge in [-0.25, -0.2) is 4.39 Å². The van der Waals surface area contributed by atoms with E-state index in [1.54, 1.807) is 0 Å². The largest absolute Gasteiger partial charge is 0.373 e. The van der Waals surface area contributed by atoms with Crippen LogP contribution >= 0.6 is 11.6 Å². The van der Waals surface area contributed by atoms with E-state index in [0.29, 0.717) is 11.6 Å². The minimum Gasteiger partial charge on any atom is -0.373 e. The van der Waals surface area contributed by atoms with E-state index in [1.165, 1.54) is 18.2 Å². The lowest BCUT2D eigenvalue weighted by Gasteiger charge is -2.35. The molecule has 3 rings (SSSR count). The minimum absolute atomic E-state index is 0.0455. The van der Waals surface area contributed by atoms with Crippen LogP contribution in [-0.2, 0) is 17.8 Å². The Labute approximate surface area is 164 Å². The number of nitrogens with zero attached hydrogens (tertiary/aromatic N) is 1. The zero-order chi connectivity index (χ0) is 19.4. The lowest BCUT2D eigenvalue weighted by Crippen LogP contribution is -2.45. The van der Waals surface area contributed by atoms with Crippen LogP contribution in [0.4, 0.5) is 4.39 Å². The predicted molar refractivity (Wildman–Crippen MR) is 104 cm³/mol. The molecule has 4 nitrogen and oxygen atoms in total. The summed E-state index contributed by atoms with van der Waals surface area (Å²) in [7, 11) is 0. The summed E-state index contributed by atoms with van der Waals surface area (Å²) >= 11 is 5.87. The SMILES string of the molecule is C[C@@H]1CN(Cc2ccccc2CNC(=O)c2cc(Cl)ccc2F)C[C@@H](C)O1. The summed E-state index contributed by atoms with van der Waals surface area (Å²) in [6.45, 7) is 7.02. The van der Waals surface area contributed by atoms with Crippen LogP contribution in [-0.4, -0.2) is 36.1 Å². The molecule has 144 valence electrons. The third kappa shape index (κ3) is 5.28. The van der Waals surface area contributed by atoms with Crippen molar-refractivity contribution in [3.63, 3.8) is 0 Å². The number of nitrogens with one attached hydrogen (secondary N) is 1. The molecule has 27 heavy (non-hydrogen) atoms. The summed E-state index contributed by atoms with van der Waals surface area (Å²) < 4.78 is 19.7. The highest BCUT2D eigenvalue weighted by Gasteiger charge is 2.22. The van der Waals surface area contributed by atoms with E-state index >= 15 is 0 Å². The van der Waals surface area contributed by atoms with E-state index in [9.17, 15) is 9.18 Å². The van der Waals surface area contributed by atoms with Crippen molar-refractivity contribution in [2.24, 2.45) is 0 Å². The Kier molecular flexibility index (Phi) is 6.47. The smallest absolute Gasteiger partial charge is 0.254 e. The summed E-state index contributed by atoms with van der Waals surface area (Å²) in [6.07, 6.45) is 0.401. The van der Waals surface area contributed by atoms with Crippen molar-refractivity contribution in [3.05, 3.63) is 70.0 Å². The molecule has 0 bridgehead atoms. The fraction of sp³-hybridized carbons (Fsp3) is 0.381. The lowest BCUT2D eigenvalue weighted by molar-refractivity contribution is -0.0705. The van der Waals surface area contributed by atoms with Gasteiger partial charge in [0.2, 0.25) is 0 Å². The van der Waals surface area contributed by atoms with E-state index < -0.39 is 11.7 Å². The summed E-state index contributed by atoms with van der Waals surface area (Å²) in [5.41, 5.74) is 2.11. The molecular weight excluding hydrogens is 367 g/mol. The molecule has 6 heteroatoms. The molecule has 2 aromatic rings. The maximum atomic E-state index is 13.9. The first-order valence-corrected chi connectivity index (χ1v) is 9.48. The van der Waals surface area contributed by atoms with Gasteiger partial charge < -0.3 is 10.1 Å². The number of hydrogen-bond acceptors (Lipinski definition) is 3. The fourth-order valence-electron chi connectivity index (χ4n) is 3.48. The molecule has 1 aliphatic rings. The van der Waals surface area contributed by atoms with Gasteiger partial charge in [-0.2, -0.15) is 0 Å². The molecule has 0 spiro atoms. The number of carbonyl (C=O) groups excluding carboxylic acids is 1. The Morgan fingerprint density at radius 2 is 1.85 bits per heavy atom. The standard InChI is InChI=1S/C21H24ClFN2O2/c1-14-11-25(12-15(2)27-14)13-17-6-4-3-5-16(17)10-24-21(26)19-9-18(22)7-8-20(19)23/h3-9,14-15H,10-13H2,1-2H3,(H,24,26)/t14-,15-/m1/s1. The molecule has 0 unspecified atom stereocenters. The van der Waals surface area contributed by atoms with Crippen LogP contribution in [0.1, 0.15) is 35.3 Å². The van der Waals surface area contributed by atoms with E-state index in [0.717, 1.165) is 30.8 Å². The van der Waals surface area contributed by atoms with Crippen molar-refractivity contribution in [1.29, 1.82) is 0 Å². The van der Waals surface area contributed by atoms with E-state index in [1.807, 2.05) is 18.2 Å². The Morgan fingerprint density at radius 1 is 1.19 bits per heavy atom. The number of hydrogen-bond donors (Lipinski definition) is 1. The van der Waals surface area contributed by atoms with Gasteiger partial charge in [-0.15, -0.1) is 0 Å². The minimum atomic E-state index is -0.582. The second-order valence-electron chi connectivity index (χ2n) is 7.03. The molecule has 1 saturated heterocycles. The zero-order valence-corrected chi connectivity index (χ0v) is 16.3. The Morgan fingerprint density at radius 3 is 2.56 bits per heavy atom. The van der Waals surface area contributed by atoms with Crippen molar-refractivity contribution in [2.75, 3.05) is 13.1 Å². The summed E-state index contributed by atoms with van der Waals surface area (Å²) in [5.74, 6) is -1.06. The van der Waals surface area contributed by atoms with Gasteiger partial charge in [0, 0.05) is 31.2 Å². The monoisotopic (exact) mass is 390 g/mol. The molecule has 0 aliphatic carbocycles. The molecule has 1 N–H and O–H groups in total. The molecule has 0 aromatic heterocycles. The number of benzene rings is 2. The normalized spacial score (nSPS) is 20.4. The van der Waals surface area contributed by atoms with E-state index in [4.69, 9.17) is 16.3 Å². The highest BCUT2D eigenvalue weighted by atomic mass is 35.5. The van der Waals surface area contributed by atoms with Crippen molar-refractivity contribution in [3.8, 4) is 0 Å². The molecule has 2 aromatic carbocycles. The quantitative estimate of drug-likeness (QED) is 0.838. The third-order valence-corrected chi connectivity index (χ3v) is 4.86. The number of amides is 1. The first kappa shape index (κ1) is 19.8. The average molecular weight is 391 g/mol. The van der Waals surface area contributed by atoms with Gasteiger partial charge in [0.05, 0.1) is 17.8 Å². The molecule has 1 heterocycles. The Bertz CT molecular complexity index is 805. The van der Waals surface area contributed by atoms with Crippen molar-refractivity contribution in [2.45, 2.75) is 39.1 Å².